The Bertz CT molecular complexity index is 1240. The number of carbonyl (C=O) groups excluding carboxylic acids is 2. The van der Waals surface area contributed by atoms with Crippen LogP contribution in [0, 0.1) is 5.82 Å². The van der Waals surface area contributed by atoms with Gasteiger partial charge in [-0.25, -0.2) is 9.18 Å². The highest BCUT2D eigenvalue weighted by Gasteiger charge is 2.34. The smallest absolute Gasteiger partial charge is 0.414 e. The van der Waals surface area contributed by atoms with Gasteiger partial charge < -0.3 is 15.2 Å². The van der Waals surface area contributed by atoms with E-state index in [-0.39, 0.29) is 35.9 Å². The van der Waals surface area contributed by atoms with Gasteiger partial charge in [0.05, 0.1) is 40.3 Å². The monoisotopic (exact) mass is 477 g/mol. The van der Waals surface area contributed by atoms with Crippen LogP contribution in [0.2, 0.25) is 4.34 Å². The van der Waals surface area contributed by atoms with Crippen molar-refractivity contribution in [2.75, 3.05) is 18.0 Å². The summed E-state index contributed by atoms with van der Waals surface area (Å²) in [5, 5.41) is 11.9. The first-order valence-corrected chi connectivity index (χ1v) is 10.7. The molecular formula is C21H17ClFN3O5S. The molecule has 3 aromatic rings. The van der Waals surface area contributed by atoms with Crippen LogP contribution in [0.5, 0.6) is 0 Å². The Hall–Kier alpha value is -3.21. The molecule has 1 saturated heterocycles. The number of thiophene rings is 1. The highest BCUT2D eigenvalue weighted by molar-refractivity contribution is 7.18. The summed E-state index contributed by atoms with van der Waals surface area (Å²) in [5.74, 6) is -1.07. The Morgan fingerprint density at radius 3 is 2.78 bits per heavy atom. The van der Waals surface area contributed by atoms with Crippen LogP contribution in [-0.2, 0) is 11.3 Å². The molecule has 11 heteroatoms. The van der Waals surface area contributed by atoms with Crippen molar-refractivity contribution < 1.29 is 23.8 Å². The van der Waals surface area contributed by atoms with Crippen molar-refractivity contribution in [1.82, 2.24) is 9.88 Å². The Kier molecular flexibility index (Phi) is 6.26. The molecule has 32 heavy (non-hydrogen) atoms. The summed E-state index contributed by atoms with van der Waals surface area (Å²) < 4.78 is 21.8. The van der Waals surface area contributed by atoms with Gasteiger partial charge in [-0.15, -0.1) is 11.3 Å². The summed E-state index contributed by atoms with van der Waals surface area (Å²) in [6, 6.07) is 10.2. The number of cyclic esters (lactones) is 1. The van der Waals surface area contributed by atoms with Gasteiger partial charge in [-0.3, -0.25) is 19.1 Å². The van der Waals surface area contributed by atoms with Gasteiger partial charge in [0.2, 0.25) is 0 Å². The lowest BCUT2D eigenvalue weighted by molar-refractivity contribution is 0.0920. The van der Waals surface area contributed by atoms with E-state index in [1.54, 1.807) is 18.2 Å². The zero-order chi connectivity index (χ0) is 22.8. The standard InChI is InChI=1S/C21H17ClFN3O5S/c22-18-6-5-17(32-18)19(28)24-9-14-10-26(21(30)31-14)16-4-3-13(8-15(16)23)25-7-1-2-12(11-27)20(25)29/h1-8,14,27H,9-11H2,(H,24,28)/t14-/m0/s1. The number of amides is 2. The van der Waals surface area contributed by atoms with E-state index in [1.165, 1.54) is 29.0 Å². The number of aliphatic hydroxyl groups is 1. The van der Waals surface area contributed by atoms with Crippen molar-refractivity contribution in [3.63, 3.8) is 0 Å². The van der Waals surface area contributed by atoms with Crippen molar-refractivity contribution in [2.24, 2.45) is 0 Å². The summed E-state index contributed by atoms with van der Waals surface area (Å²) in [4.78, 5) is 38.3. The second-order valence-corrected chi connectivity index (χ2v) is 8.65. The lowest BCUT2D eigenvalue weighted by atomic mass is 10.2. The number of anilines is 1. The lowest BCUT2D eigenvalue weighted by Crippen LogP contribution is -2.34. The number of benzene rings is 1. The van der Waals surface area contributed by atoms with Crippen molar-refractivity contribution in [1.29, 1.82) is 0 Å². The number of pyridine rings is 1. The minimum absolute atomic E-state index is 0.0102. The minimum Gasteiger partial charge on any atom is -0.442 e. The molecule has 0 bridgehead atoms. The van der Waals surface area contributed by atoms with E-state index < -0.39 is 30.2 Å². The maximum Gasteiger partial charge on any atom is 0.414 e. The number of ether oxygens (including phenoxy) is 1. The number of nitrogens with zero attached hydrogens (tertiary/aromatic N) is 2. The summed E-state index contributed by atoms with van der Waals surface area (Å²) in [7, 11) is 0. The Labute approximate surface area is 190 Å². The van der Waals surface area contributed by atoms with E-state index in [9.17, 15) is 23.9 Å². The third-order valence-electron chi connectivity index (χ3n) is 4.86. The van der Waals surface area contributed by atoms with Crippen LogP contribution in [0.15, 0.2) is 53.5 Å². The molecule has 166 valence electrons. The molecule has 4 rings (SSSR count). The van der Waals surface area contributed by atoms with E-state index >= 15 is 0 Å². The van der Waals surface area contributed by atoms with Crippen LogP contribution in [0.4, 0.5) is 14.9 Å². The van der Waals surface area contributed by atoms with Gasteiger partial charge in [-0.2, -0.15) is 0 Å². The molecule has 2 amide bonds. The first-order chi connectivity index (χ1) is 15.4. The van der Waals surface area contributed by atoms with Gasteiger partial charge in [0.15, 0.2) is 0 Å². The SMILES string of the molecule is O=C(NC[C@H]1CN(c2ccc(-n3cccc(CO)c3=O)cc2F)C(=O)O1)c1ccc(Cl)s1. The highest BCUT2D eigenvalue weighted by Crippen LogP contribution is 2.27. The molecule has 0 saturated carbocycles. The van der Waals surface area contributed by atoms with Gasteiger partial charge in [0.1, 0.15) is 11.9 Å². The third-order valence-corrected chi connectivity index (χ3v) is 6.09. The molecule has 3 heterocycles. The van der Waals surface area contributed by atoms with Crippen LogP contribution in [-0.4, -0.2) is 40.9 Å². The molecule has 0 aliphatic carbocycles. The van der Waals surface area contributed by atoms with Gasteiger partial charge in [-0.1, -0.05) is 11.6 Å². The molecule has 1 aromatic carbocycles. The van der Waals surface area contributed by atoms with Gasteiger partial charge in [0.25, 0.3) is 11.5 Å². The second kappa shape index (κ2) is 9.11. The van der Waals surface area contributed by atoms with Crippen LogP contribution in [0.1, 0.15) is 15.2 Å². The predicted molar refractivity (Wildman–Crippen MR) is 117 cm³/mol. The number of hydrogen-bond donors (Lipinski definition) is 2. The Morgan fingerprint density at radius 2 is 2.09 bits per heavy atom. The van der Waals surface area contributed by atoms with Crippen molar-refractivity contribution in [3.8, 4) is 5.69 Å². The topological polar surface area (TPSA) is 101 Å². The fourth-order valence-corrected chi connectivity index (χ4v) is 4.24. The lowest BCUT2D eigenvalue weighted by Gasteiger charge is -2.15. The number of rotatable bonds is 6. The van der Waals surface area contributed by atoms with Crippen LogP contribution in [0.3, 0.4) is 0 Å². The quantitative estimate of drug-likeness (QED) is 0.568. The van der Waals surface area contributed by atoms with Gasteiger partial charge in [-0.05, 0) is 36.4 Å². The van der Waals surface area contributed by atoms with Crippen molar-refractivity contribution in [3.05, 3.63) is 79.6 Å². The molecule has 0 spiro atoms. The van der Waals surface area contributed by atoms with E-state index in [4.69, 9.17) is 16.3 Å². The zero-order valence-electron chi connectivity index (χ0n) is 16.5. The third kappa shape index (κ3) is 4.38. The summed E-state index contributed by atoms with van der Waals surface area (Å²) in [6.45, 7) is -0.336. The summed E-state index contributed by atoms with van der Waals surface area (Å²) in [6.07, 6.45) is 0.0545. The van der Waals surface area contributed by atoms with Crippen LogP contribution < -0.4 is 15.8 Å². The molecule has 1 aliphatic heterocycles. The molecule has 1 aliphatic rings. The Morgan fingerprint density at radius 1 is 1.28 bits per heavy atom. The molecular weight excluding hydrogens is 461 g/mol. The first-order valence-electron chi connectivity index (χ1n) is 9.50. The summed E-state index contributed by atoms with van der Waals surface area (Å²) in [5.41, 5.74) is -0.0538. The van der Waals surface area contributed by atoms with E-state index in [0.717, 1.165) is 22.3 Å². The molecule has 2 aromatic heterocycles. The average Bonchev–Trinajstić information content (AvgIpc) is 3.37. The maximum atomic E-state index is 14.8. The molecule has 2 N–H and O–H groups in total. The van der Waals surface area contributed by atoms with Crippen molar-refractivity contribution >= 4 is 40.6 Å². The molecule has 0 unspecified atom stereocenters. The van der Waals surface area contributed by atoms with Gasteiger partial charge >= 0.3 is 6.09 Å². The molecule has 1 fully saturated rings. The average molecular weight is 478 g/mol. The number of carbonyl (C=O) groups is 2. The minimum atomic E-state index is -0.741. The number of nitrogens with one attached hydrogen (secondary N) is 1. The normalized spacial score (nSPS) is 15.7. The van der Waals surface area contributed by atoms with Crippen LogP contribution >= 0.6 is 22.9 Å². The number of aromatic nitrogens is 1. The van der Waals surface area contributed by atoms with Gasteiger partial charge in [0, 0.05) is 17.8 Å². The maximum absolute atomic E-state index is 14.8. The second-order valence-electron chi connectivity index (χ2n) is 6.93. The Balaban J connectivity index is 1.46. The number of halogens is 2. The fourth-order valence-electron chi connectivity index (χ4n) is 3.28. The zero-order valence-corrected chi connectivity index (χ0v) is 18.0. The number of hydrogen-bond acceptors (Lipinski definition) is 6. The first kappa shape index (κ1) is 22.0. The van der Waals surface area contributed by atoms with E-state index in [2.05, 4.69) is 5.32 Å². The fraction of sp³-hybridized carbons (Fsp3) is 0.190. The molecule has 1 atom stereocenters. The predicted octanol–water partition coefficient (Wildman–Crippen LogP) is 2.94. The number of aliphatic hydroxyl groups excluding tert-OH is 1. The van der Waals surface area contributed by atoms with Crippen LogP contribution in [0.25, 0.3) is 5.69 Å². The summed E-state index contributed by atoms with van der Waals surface area (Å²) >= 11 is 6.95. The van der Waals surface area contributed by atoms with E-state index in [0.29, 0.717) is 9.21 Å². The molecule has 0 radical (unpaired) electrons. The largest absolute Gasteiger partial charge is 0.442 e. The highest BCUT2D eigenvalue weighted by atomic mass is 35.5. The molecule has 8 nitrogen and oxygen atoms in total. The van der Waals surface area contributed by atoms with E-state index in [1.807, 2.05) is 0 Å². The van der Waals surface area contributed by atoms with Crippen molar-refractivity contribution in [2.45, 2.75) is 12.7 Å².